The lowest BCUT2D eigenvalue weighted by atomic mass is 10.0. The average Bonchev–Trinajstić information content (AvgIpc) is 3.42. The van der Waals surface area contributed by atoms with Gasteiger partial charge in [0.1, 0.15) is 23.0 Å². The van der Waals surface area contributed by atoms with E-state index in [2.05, 4.69) is 14.7 Å². The highest BCUT2D eigenvalue weighted by molar-refractivity contribution is 7.92. The fourth-order valence-corrected chi connectivity index (χ4v) is 6.18. The van der Waals surface area contributed by atoms with Crippen molar-refractivity contribution in [3.8, 4) is 22.7 Å². The highest BCUT2D eigenvalue weighted by atomic mass is 32.2. The molecule has 37 heavy (non-hydrogen) atoms. The van der Waals surface area contributed by atoms with E-state index in [0.29, 0.717) is 34.0 Å². The summed E-state index contributed by atoms with van der Waals surface area (Å²) in [5, 5.41) is 0.756. The van der Waals surface area contributed by atoms with E-state index in [9.17, 15) is 21.2 Å². The Bertz CT molecular complexity index is 1640. The molecule has 1 fully saturated rings. The SMILES string of the molecule is CNS(=O)(=O)CCCN(c1cc2oc(-c3ccc(F)cc3)c(-c3ncc[nH]3)c2cc1C1CC1)S(C)(=O)=O. The molecule has 0 bridgehead atoms. The molecule has 0 saturated heterocycles. The third-order valence-electron chi connectivity index (χ3n) is 6.45. The van der Waals surface area contributed by atoms with Crippen LogP contribution in [0.2, 0.25) is 0 Å². The second-order valence-electron chi connectivity index (χ2n) is 9.14. The first-order valence-electron chi connectivity index (χ1n) is 11.8. The van der Waals surface area contributed by atoms with E-state index in [-0.39, 0.29) is 30.5 Å². The number of furan rings is 1. The van der Waals surface area contributed by atoms with Crippen LogP contribution in [0.5, 0.6) is 0 Å². The summed E-state index contributed by atoms with van der Waals surface area (Å²) < 4.78 is 73.0. The number of rotatable bonds is 10. The van der Waals surface area contributed by atoms with Crippen molar-refractivity contribution in [3.05, 3.63) is 60.2 Å². The molecule has 2 heterocycles. The molecule has 0 atom stereocenters. The van der Waals surface area contributed by atoms with Crippen molar-refractivity contribution in [2.75, 3.05) is 29.9 Å². The van der Waals surface area contributed by atoms with E-state index in [1.165, 1.54) is 23.5 Å². The van der Waals surface area contributed by atoms with Crippen LogP contribution in [0.1, 0.15) is 30.7 Å². The second-order valence-corrected chi connectivity index (χ2v) is 13.1. The Morgan fingerprint density at radius 2 is 1.89 bits per heavy atom. The zero-order valence-electron chi connectivity index (χ0n) is 20.4. The average molecular weight is 547 g/mol. The molecule has 4 aromatic rings. The first kappa shape index (κ1) is 25.4. The van der Waals surface area contributed by atoms with Crippen molar-refractivity contribution in [2.24, 2.45) is 0 Å². The number of nitrogens with one attached hydrogen (secondary N) is 2. The molecule has 2 aromatic carbocycles. The Morgan fingerprint density at radius 1 is 1.16 bits per heavy atom. The van der Waals surface area contributed by atoms with Gasteiger partial charge in [0.05, 0.1) is 23.3 Å². The second kappa shape index (κ2) is 9.58. The van der Waals surface area contributed by atoms with E-state index in [0.717, 1.165) is 30.0 Å². The van der Waals surface area contributed by atoms with Crippen LogP contribution in [0.4, 0.5) is 10.1 Å². The fraction of sp³-hybridized carbons (Fsp3) is 0.320. The van der Waals surface area contributed by atoms with Crippen LogP contribution in [0.15, 0.2) is 53.2 Å². The summed E-state index contributed by atoms with van der Waals surface area (Å²) >= 11 is 0. The summed E-state index contributed by atoms with van der Waals surface area (Å²) in [6.45, 7) is 0.00153. The lowest BCUT2D eigenvalue weighted by Crippen LogP contribution is -2.33. The molecule has 9 nitrogen and oxygen atoms in total. The minimum absolute atomic E-state index is 0.00153. The molecule has 196 valence electrons. The van der Waals surface area contributed by atoms with Gasteiger partial charge in [0.25, 0.3) is 0 Å². The number of aromatic amines is 1. The van der Waals surface area contributed by atoms with Crippen molar-refractivity contribution >= 4 is 36.7 Å². The summed E-state index contributed by atoms with van der Waals surface area (Å²) in [4.78, 5) is 7.52. The number of imidazole rings is 1. The van der Waals surface area contributed by atoms with Gasteiger partial charge in [0.15, 0.2) is 0 Å². The van der Waals surface area contributed by atoms with E-state index >= 15 is 0 Å². The van der Waals surface area contributed by atoms with Crippen molar-refractivity contribution in [2.45, 2.75) is 25.2 Å². The van der Waals surface area contributed by atoms with Gasteiger partial charge >= 0.3 is 0 Å². The monoisotopic (exact) mass is 546 g/mol. The lowest BCUT2D eigenvalue weighted by Gasteiger charge is -2.25. The summed E-state index contributed by atoms with van der Waals surface area (Å²) in [5.74, 6) is 0.661. The normalized spacial score (nSPS) is 14.4. The minimum Gasteiger partial charge on any atom is -0.455 e. The molecule has 0 amide bonds. The number of sulfonamides is 2. The Labute approximate surface area is 214 Å². The van der Waals surface area contributed by atoms with Crippen molar-refractivity contribution < 1.29 is 25.6 Å². The van der Waals surface area contributed by atoms with Gasteiger partial charge in [-0.15, -0.1) is 0 Å². The van der Waals surface area contributed by atoms with E-state index in [1.54, 1.807) is 30.6 Å². The Balaban J connectivity index is 1.67. The summed E-state index contributed by atoms with van der Waals surface area (Å²) in [5.41, 5.74) is 3.13. The molecule has 1 saturated carbocycles. The number of H-pyrrole nitrogens is 1. The van der Waals surface area contributed by atoms with Crippen LogP contribution >= 0.6 is 0 Å². The van der Waals surface area contributed by atoms with Crippen LogP contribution < -0.4 is 9.03 Å². The Kier molecular flexibility index (Phi) is 6.59. The maximum Gasteiger partial charge on any atom is 0.232 e. The Morgan fingerprint density at radius 3 is 2.49 bits per heavy atom. The quantitative estimate of drug-likeness (QED) is 0.307. The van der Waals surface area contributed by atoms with Crippen LogP contribution in [-0.2, 0) is 20.0 Å². The van der Waals surface area contributed by atoms with E-state index in [1.807, 2.05) is 6.07 Å². The molecule has 0 aliphatic heterocycles. The van der Waals surface area contributed by atoms with Crippen molar-refractivity contribution in [1.82, 2.24) is 14.7 Å². The van der Waals surface area contributed by atoms with E-state index < -0.39 is 20.0 Å². The van der Waals surface area contributed by atoms with Crippen molar-refractivity contribution in [3.63, 3.8) is 0 Å². The molecule has 0 radical (unpaired) electrons. The lowest BCUT2D eigenvalue weighted by molar-refractivity contribution is 0.582. The van der Waals surface area contributed by atoms with Crippen LogP contribution in [-0.4, -0.2) is 52.4 Å². The molecule has 12 heteroatoms. The predicted molar refractivity (Wildman–Crippen MR) is 141 cm³/mol. The van der Waals surface area contributed by atoms with Gasteiger partial charge in [-0.2, -0.15) is 0 Å². The maximum absolute atomic E-state index is 13.6. The number of halogens is 1. The highest BCUT2D eigenvalue weighted by Gasteiger charge is 2.32. The molecule has 2 N–H and O–H groups in total. The van der Waals surface area contributed by atoms with Gasteiger partial charge in [0, 0.05) is 36.0 Å². The largest absolute Gasteiger partial charge is 0.455 e. The maximum atomic E-state index is 13.6. The molecular formula is C25H27FN4O5S2. The van der Waals surface area contributed by atoms with Gasteiger partial charge in [-0.25, -0.2) is 30.9 Å². The zero-order valence-corrected chi connectivity index (χ0v) is 22.0. The zero-order chi connectivity index (χ0) is 26.4. The van der Waals surface area contributed by atoms with Crippen molar-refractivity contribution in [1.29, 1.82) is 0 Å². The minimum atomic E-state index is -3.73. The predicted octanol–water partition coefficient (Wildman–Crippen LogP) is 4.21. The van der Waals surface area contributed by atoms with Crippen LogP contribution in [0.25, 0.3) is 33.7 Å². The molecule has 2 aromatic heterocycles. The Hall–Kier alpha value is -3.22. The molecule has 5 rings (SSSR count). The summed E-state index contributed by atoms with van der Waals surface area (Å²) in [6.07, 6.45) is 6.40. The highest BCUT2D eigenvalue weighted by Crippen LogP contribution is 2.49. The third-order valence-corrected chi connectivity index (χ3v) is 9.08. The van der Waals surface area contributed by atoms with Gasteiger partial charge in [-0.1, -0.05) is 0 Å². The summed E-state index contributed by atoms with van der Waals surface area (Å²) in [7, 11) is -5.88. The third kappa shape index (κ3) is 5.27. The number of fused-ring (bicyclic) bond motifs is 1. The number of nitrogens with zero attached hydrogens (tertiary/aromatic N) is 2. The fourth-order valence-electron chi connectivity index (χ4n) is 4.49. The number of benzene rings is 2. The first-order valence-corrected chi connectivity index (χ1v) is 15.3. The van der Waals surface area contributed by atoms with E-state index in [4.69, 9.17) is 4.42 Å². The summed E-state index contributed by atoms with van der Waals surface area (Å²) in [6, 6.07) is 9.58. The number of hydrogen-bond donors (Lipinski definition) is 2. The standard InChI is InChI=1S/C25H27FN4O5S2/c1-27-37(33,34)13-3-12-30(36(2,31)32)21-15-22-20(14-19(21)16-4-5-16)23(25-28-10-11-29-25)24(35-22)17-6-8-18(26)9-7-17/h6-11,14-16,27H,3-5,12-13H2,1-2H3,(H,28,29). The number of aromatic nitrogens is 2. The van der Waals surface area contributed by atoms with Crippen LogP contribution in [0.3, 0.4) is 0 Å². The van der Waals surface area contributed by atoms with Gasteiger partial charge in [0.2, 0.25) is 20.0 Å². The first-order chi connectivity index (χ1) is 17.6. The molecule has 1 aliphatic rings. The number of anilines is 1. The molecular weight excluding hydrogens is 519 g/mol. The smallest absolute Gasteiger partial charge is 0.232 e. The van der Waals surface area contributed by atoms with Gasteiger partial charge in [-0.3, -0.25) is 4.31 Å². The molecule has 0 unspecified atom stereocenters. The molecule has 1 aliphatic carbocycles. The molecule has 0 spiro atoms. The number of hydrogen-bond acceptors (Lipinski definition) is 6. The topological polar surface area (TPSA) is 125 Å². The van der Waals surface area contributed by atoms with Gasteiger partial charge < -0.3 is 9.40 Å². The van der Waals surface area contributed by atoms with Gasteiger partial charge in [-0.05, 0) is 68.1 Å². The van der Waals surface area contributed by atoms with Crippen LogP contribution in [0, 0.1) is 5.82 Å².